The minimum Gasteiger partial charge on any atom is -0.481 e. The number of aliphatic carboxylic acids is 1. The first-order chi connectivity index (χ1) is 9.70. The Morgan fingerprint density at radius 3 is 2.52 bits per heavy atom. The van der Waals surface area contributed by atoms with Gasteiger partial charge < -0.3 is 15.2 Å². The molecule has 116 valence electrons. The standard InChI is InChI=1S/C11H15N3O6S/c1-3-13(8(2)6-11(15)16)21(19,20)9-4-5-10(12-7-9)14(17)18/h4-5,7-8H,3,6H2,1-2H3,(H,15,16). The van der Waals surface area contributed by atoms with E-state index in [0.29, 0.717) is 0 Å². The van der Waals surface area contributed by atoms with Crippen molar-refractivity contribution in [1.82, 2.24) is 9.29 Å². The number of aromatic nitrogens is 1. The topological polar surface area (TPSA) is 131 Å². The third-order valence-corrected chi connectivity index (χ3v) is 4.86. The zero-order valence-corrected chi connectivity index (χ0v) is 12.3. The van der Waals surface area contributed by atoms with Crippen LogP contribution in [0.5, 0.6) is 0 Å². The number of hydrogen-bond donors (Lipinski definition) is 1. The molecular formula is C11H15N3O6S. The number of carboxylic acid groups (broad SMARTS) is 1. The Balaban J connectivity index is 3.12. The Bertz CT molecular complexity index is 628. The number of hydrogen-bond acceptors (Lipinski definition) is 6. The molecule has 0 saturated carbocycles. The summed E-state index contributed by atoms with van der Waals surface area (Å²) in [5.41, 5.74) is 0. The van der Waals surface area contributed by atoms with Gasteiger partial charge in [-0.05, 0) is 22.9 Å². The van der Waals surface area contributed by atoms with Crippen LogP contribution in [0.4, 0.5) is 5.82 Å². The lowest BCUT2D eigenvalue weighted by Gasteiger charge is -2.25. The normalized spacial score (nSPS) is 13.1. The van der Waals surface area contributed by atoms with Crippen LogP contribution in [0.15, 0.2) is 23.2 Å². The van der Waals surface area contributed by atoms with Gasteiger partial charge in [-0.2, -0.15) is 4.31 Å². The van der Waals surface area contributed by atoms with E-state index in [0.717, 1.165) is 22.6 Å². The first-order valence-corrected chi connectivity index (χ1v) is 7.48. The molecule has 0 aliphatic carbocycles. The number of nitrogens with zero attached hydrogens (tertiary/aromatic N) is 3. The quantitative estimate of drug-likeness (QED) is 0.583. The number of carboxylic acids is 1. The highest BCUT2D eigenvalue weighted by Gasteiger charge is 2.30. The molecule has 1 rings (SSSR count). The van der Waals surface area contributed by atoms with E-state index in [-0.39, 0.29) is 17.9 Å². The van der Waals surface area contributed by atoms with Gasteiger partial charge in [0.15, 0.2) is 6.20 Å². The van der Waals surface area contributed by atoms with Crippen molar-refractivity contribution in [3.05, 3.63) is 28.4 Å². The lowest BCUT2D eigenvalue weighted by atomic mass is 10.2. The maximum Gasteiger partial charge on any atom is 0.363 e. The fourth-order valence-electron chi connectivity index (χ4n) is 1.84. The number of sulfonamides is 1. The van der Waals surface area contributed by atoms with Crippen molar-refractivity contribution in [2.24, 2.45) is 0 Å². The first kappa shape index (κ1) is 17.0. The van der Waals surface area contributed by atoms with Gasteiger partial charge in [0.1, 0.15) is 4.90 Å². The van der Waals surface area contributed by atoms with Crippen LogP contribution in [-0.2, 0) is 14.8 Å². The van der Waals surface area contributed by atoms with Gasteiger partial charge in [0.05, 0.1) is 6.42 Å². The molecule has 0 bridgehead atoms. The van der Waals surface area contributed by atoms with E-state index < -0.39 is 32.8 Å². The number of rotatable bonds is 7. The smallest absolute Gasteiger partial charge is 0.363 e. The maximum absolute atomic E-state index is 12.4. The second-order valence-electron chi connectivity index (χ2n) is 4.26. The Morgan fingerprint density at radius 1 is 1.52 bits per heavy atom. The molecule has 1 atom stereocenters. The van der Waals surface area contributed by atoms with E-state index in [9.17, 15) is 23.3 Å². The van der Waals surface area contributed by atoms with Crippen LogP contribution in [0.25, 0.3) is 0 Å². The summed E-state index contributed by atoms with van der Waals surface area (Å²) in [6.45, 7) is 3.14. The molecule has 0 amide bonds. The van der Waals surface area contributed by atoms with E-state index in [1.165, 1.54) is 6.92 Å². The van der Waals surface area contributed by atoms with Gasteiger partial charge in [0.25, 0.3) is 0 Å². The molecule has 1 aromatic heterocycles. The highest BCUT2D eigenvalue weighted by atomic mass is 32.2. The highest BCUT2D eigenvalue weighted by Crippen LogP contribution is 2.20. The van der Waals surface area contributed by atoms with Crippen molar-refractivity contribution in [1.29, 1.82) is 0 Å². The fourth-order valence-corrected chi connectivity index (χ4v) is 3.43. The van der Waals surface area contributed by atoms with Crippen LogP contribution < -0.4 is 0 Å². The van der Waals surface area contributed by atoms with Gasteiger partial charge >= 0.3 is 11.8 Å². The molecule has 10 heteroatoms. The van der Waals surface area contributed by atoms with Crippen molar-refractivity contribution in [3.8, 4) is 0 Å². The lowest BCUT2D eigenvalue weighted by molar-refractivity contribution is -0.389. The van der Waals surface area contributed by atoms with Gasteiger partial charge in [0, 0.05) is 18.7 Å². The summed E-state index contributed by atoms with van der Waals surface area (Å²) < 4.78 is 25.8. The molecule has 0 aliphatic rings. The van der Waals surface area contributed by atoms with E-state index in [4.69, 9.17) is 5.11 Å². The van der Waals surface area contributed by atoms with E-state index in [1.807, 2.05) is 0 Å². The molecule has 0 fully saturated rings. The number of nitro groups is 1. The van der Waals surface area contributed by atoms with Crippen molar-refractivity contribution in [2.45, 2.75) is 31.2 Å². The van der Waals surface area contributed by atoms with Crippen molar-refractivity contribution < 1.29 is 23.2 Å². The molecular weight excluding hydrogens is 302 g/mol. The van der Waals surface area contributed by atoms with E-state index in [1.54, 1.807) is 6.92 Å². The molecule has 0 aromatic carbocycles. The maximum atomic E-state index is 12.4. The number of pyridine rings is 1. The van der Waals surface area contributed by atoms with Gasteiger partial charge in [-0.3, -0.25) is 4.79 Å². The SMILES string of the molecule is CCN(C(C)CC(=O)O)S(=O)(=O)c1ccc([N+](=O)[O-])nc1. The molecule has 1 heterocycles. The molecule has 1 unspecified atom stereocenters. The highest BCUT2D eigenvalue weighted by molar-refractivity contribution is 7.89. The molecule has 0 saturated heterocycles. The number of carbonyl (C=O) groups is 1. The summed E-state index contributed by atoms with van der Waals surface area (Å²) in [6.07, 6.45) is 0.553. The molecule has 21 heavy (non-hydrogen) atoms. The molecule has 0 radical (unpaired) electrons. The molecule has 0 aliphatic heterocycles. The Hall–Kier alpha value is -2.07. The summed E-state index contributed by atoms with van der Waals surface area (Å²) in [5, 5.41) is 19.3. The van der Waals surface area contributed by atoms with E-state index in [2.05, 4.69) is 4.98 Å². The van der Waals surface area contributed by atoms with Crippen LogP contribution in [0.1, 0.15) is 20.3 Å². The molecule has 0 spiro atoms. The van der Waals surface area contributed by atoms with Gasteiger partial charge in [0.2, 0.25) is 10.0 Å². The van der Waals surface area contributed by atoms with Crippen molar-refractivity contribution in [2.75, 3.05) is 6.54 Å². The summed E-state index contributed by atoms with van der Waals surface area (Å²) >= 11 is 0. The Morgan fingerprint density at radius 2 is 2.14 bits per heavy atom. The van der Waals surface area contributed by atoms with Gasteiger partial charge in [-0.25, -0.2) is 8.42 Å². The monoisotopic (exact) mass is 317 g/mol. The summed E-state index contributed by atoms with van der Waals surface area (Å²) in [5.74, 6) is -1.58. The van der Waals surface area contributed by atoms with Crippen LogP contribution in [-0.4, -0.2) is 46.3 Å². The predicted molar refractivity (Wildman–Crippen MR) is 72.2 cm³/mol. The third kappa shape index (κ3) is 3.95. The van der Waals surface area contributed by atoms with Crippen LogP contribution in [0.2, 0.25) is 0 Å². The third-order valence-electron chi connectivity index (χ3n) is 2.79. The fraction of sp³-hybridized carbons (Fsp3) is 0.455. The van der Waals surface area contributed by atoms with Crippen LogP contribution in [0.3, 0.4) is 0 Å². The largest absolute Gasteiger partial charge is 0.481 e. The van der Waals surface area contributed by atoms with Crippen LogP contribution >= 0.6 is 0 Å². The predicted octanol–water partition coefficient (Wildman–Crippen LogP) is 0.864. The average Bonchev–Trinajstić information content (AvgIpc) is 2.38. The summed E-state index contributed by atoms with van der Waals surface area (Å²) in [6, 6.07) is 1.33. The molecule has 1 N–H and O–H groups in total. The zero-order valence-electron chi connectivity index (χ0n) is 11.5. The second-order valence-corrected chi connectivity index (χ2v) is 6.16. The van der Waals surface area contributed by atoms with Crippen LogP contribution in [0, 0.1) is 10.1 Å². The first-order valence-electron chi connectivity index (χ1n) is 6.04. The minimum atomic E-state index is -3.95. The average molecular weight is 317 g/mol. The second kappa shape index (κ2) is 6.59. The Labute approximate surface area is 121 Å². The van der Waals surface area contributed by atoms with Crippen molar-refractivity contribution >= 4 is 21.8 Å². The zero-order chi connectivity index (χ0) is 16.2. The minimum absolute atomic E-state index is 0.0772. The lowest BCUT2D eigenvalue weighted by Crippen LogP contribution is -2.39. The molecule has 1 aromatic rings. The Kier molecular flexibility index (Phi) is 5.33. The van der Waals surface area contributed by atoms with Gasteiger partial charge in [-0.1, -0.05) is 6.92 Å². The van der Waals surface area contributed by atoms with Crippen molar-refractivity contribution in [3.63, 3.8) is 0 Å². The summed E-state index contributed by atoms with van der Waals surface area (Å²) in [4.78, 5) is 23.7. The van der Waals surface area contributed by atoms with E-state index >= 15 is 0 Å². The molecule has 9 nitrogen and oxygen atoms in total. The van der Waals surface area contributed by atoms with Gasteiger partial charge in [-0.15, -0.1) is 0 Å². The summed E-state index contributed by atoms with van der Waals surface area (Å²) in [7, 11) is -3.95.